The van der Waals surface area contributed by atoms with Gasteiger partial charge in [0.2, 0.25) is 0 Å². The van der Waals surface area contributed by atoms with Gasteiger partial charge in [0.25, 0.3) is 0 Å². The van der Waals surface area contributed by atoms with Gasteiger partial charge in [0.15, 0.2) is 12.6 Å². The quantitative estimate of drug-likeness (QED) is 0.163. The molecule has 2 rings (SSSR count). The Morgan fingerprint density at radius 2 is 1.97 bits per heavy atom. The summed E-state index contributed by atoms with van der Waals surface area (Å²) in [4.78, 5) is 12.1. The van der Waals surface area contributed by atoms with E-state index in [2.05, 4.69) is 5.11 Å². The van der Waals surface area contributed by atoms with Gasteiger partial charge >= 0.3 is 5.97 Å². The number of nitrogens with zero attached hydrogens (tertiary/aromatic N) is 1. The van der Waals surface area contributed by atoms with Crippen LogP contribution < -0.4 is 9.47 Å². The highest BCUT2D eigenvalue weighted by molar-refractivity contribution is 5.95. The van der Waals surface area contributed by atoms with Crippen LogP contribution in [0.4, 0.5) is 0 Å². The van der Waals surface area contributed by atoms with Crippen molar-refractivity contribution in [3.63, 3.8) is 0 Å². The lowest BCUT2D eigenvalue weighted by Gasteiger charge is -2.18. The third-order valence-electron chi connectivity index (χ3n) is 6.05. The van der Waals surface area contributed by atoms with Crippen LogP contribution in [0.5, 0.6) is 11.5 Å². The highest BCUT2D eigenvalue weighted by atomic mass is 16.7. The molecule has 1 heterocycles. The summed E-state index contributed by atoms with van der Waals surface area (Å²) in [5, 5.41) is 22.9. The highest BCUT2D eigenvalue weighted by Crippen LogP contribution is 2.34. The van der Waals surface area contributed by atoms with E-state index < -0.39 is 11.8 Å². The highest BCUT2D eigenvalue weighted by Gasteiger charge is 2.40. The van der Waals surface area contributed by atoms with Crippen molar-refractivity contribution < 1.29 is 38.7 Å². The number of ether oxygens (including phenoxy) is 5. The predicted octanol–water partition coefficient (Wildman–Crippen LogP) is 4.89. The molecule has 36 heavy (non-hydrogen) atoms. The lowest BCUT2D eigenvalue weighted by atomic mass is 9.96. The Morgan fingerprint density at radius 1 is 1.25 bits per heavy atom. The molecule has 0 radical (unpaired) electrons. The zero-order chi connectivity index (χ0) is 26.7. The minimum Gasteiger partial charge on any atom is -0.491 e. The van der Waals surface area contributed by atoms with Gasteiger partial charge in [0.05, 0.1) is 24.9 Å². The number of benzene rings is 1. The molecule has 0 amide bonds. The van der Waals surface area contributed by atoms with Gasteiger partial charge in [-0.25, -0.2) is 10.3 Å². The number of carboxylic acids is 1. The van der Waals surface area contributed by atoms with Gasteiger partial charge in [-0.3, -0.25) is 0 Å². The van der Waals surface area contributed by atoms with E-state index in [4.69, 9.17) is 29.2 Å². The number of hydrogen-bond donors (Lipinski definition) is 3. The number of carboxylic acid groups (broad SMARTS) is 1. The van der Waals surface area contributed by atoms with Crippen molar-refractivity contribution in [1.29, 1.82) is 5.53 Å². The molecule has 0 spiro atoms. The molecule has 0 unspecified atom stereocenters. The molecule has 0 bridgehead atoms. The van der Waals surface area contributed by atoms with Crippen molar-refractivity contribution in [2.45, 2.75) is 77.5 Å². The Kier molecular flexibility index (Phi) is 11.8. The SMILES string of the molecule is COCOc1cc(OCCN=N)cc(/C=C/C[C@H]2OC(C)(C)O[C@@H]2CCC[C@@H](C)[C@H](C)O)c1C(=O)O. The summed E-state index contributed by atoms with van der Waals surface area (Å²) in [6, 6.07) is 3.11. The number of methoxy groups -OCH3 is 1. The Bertz CT molecular complexity index is 887. The molecular formula is C26H40N2O8. The number of aromatic carboxylic acids is 1. The number of rotatable bonds is 16. The van der Waals surface area contributed by atoms with Gasteiger partial charge < -0.3 is 33.9 Å². The minimum absolute atomic E-state index is 0.00610. The van der Waals surface area contributed by atoms with Crippen LogP contribution in [-0.4, -0.2) is 67.3 Å². The van der Waals surface area contributed by atoms with Crippen LogP contribution in [0.2, 0.25) is 0 Å². The van der Waals surface area contributed by atoms with Crippen molar-refractivity contribution in [2.75, 3.05) is 27.1 Å². The molecule has 202 valence electrons. The van der Waals surface area contributed by atoms with Gasteiger partial charge in [-0.05, 0) is 57.6 Å². The predicted molar refractivity (Wildman–Crippen MR) is 134 cm³/mol. The van der Waals surface area contributed by atoms with Crippen LogP contribution in [0.3, 0.4) is 0 Å². The summed E-state index contributed by atoms with van der Waals surface area (Å²) >= 11 is 0. The second-order valence-electron chi connectivity index (χ2n) is 9.47. The zero-order valence-electron chi connectivity index (χ0n) is 21.9. The Balaban J connectivity index is 2.19. The fraction of sp³-hybridized carbons (Fsp3) is 0.654. The monoisotopic (exact) mass is 508 g/mol. The Morgan fingerprint density at radius 3 is 2.61 bits per heavy atom. The molecule has 10 heteroatoms. The first-order valence-electron chi connectivity index (χ1n) is 12.3. The molecule has 1 fully saturated rings. The first-order valence-corrected chi connectivity index (χ1v) is 12.3. The molecule has 1 aromatic carbocycles. The van der Waals surface area contributed by atoms with Crippen LogP contribution in [-0.2, 0) is 14.2 Å². The number of nitrogens with one attached hydrogen (secondary N) is 1. The van der Waals surface area contributed by atoms with E-state index >= 15 is 0 Å². The third-order valence-corrected chi connectivity index (χ3v) is 6.05. The van der Waals surface area contributed by atoms with Crippen LogP contribution >= 0.6 is 0 Å². The maximum absolute atomic E-state index is 12.1. The van der Waals surface area contributed by atoms with E-state index in [1.165, 1.54) is 13.2 Å². The summed E-state index contributed by atoms with van der Waals surface area (Å²) in [6.45, 7) is 7.85. The van der Waals surface area contributed by atoms with Crippen molar-refractivity contribution in [2.24, 2.45) is 11.0 Å². The largest absolute Gasteiger partial charge is 0.491 e. The van der Waals surface area contributed by atoms with Gasteiger partial charge in [-0.1, -0.05) is 25.5 Å². The molecule has 1 aromatic rings. The second kappa shape index (κ2) is 14.3. The first kappa shape index (κ1) is 29.7. The van der Waals surface area contributed by atoms with Crippen LogP contribution in [0, 0.1) is 11.4 Å². The molecular weight excluding hydrogens is 468 g/mol. The minimum atomic E-state index is -1.14. The summed E-state index contributed by atoms with van der Waals surface area (Å²) in [5.74, 6) is -1.10. The molecule has 1 aliphatic heterocycles. The Hall–Kier alpha value is -2.53. The molecule has 4 atom stereocenters. The van der Waals surface area contributed by atoms with Crippen molar-refractivity contribution >= 4 is 12.0 Å². The second-order valence-corrected chi connectivity index (χ2v) is 9.47. The van der Waals surface area contributed by atoms with E-state index in [0.717, 1.165) is 19.3 Å². The molecule has 0 aromatic heterocycles. The smallest absolute Gasteiger partial charge is 0.340 e. The molecule has 1 saturated heterocycles. The zero-order valence-corrected chi connectivity index (χ0v) is 21.9. The van der Waals surface area contributed by atoms with Gasteiger partial charge in [-0.2, -0.15) is 5.11 Å². The van der Waals surface area contributed by atoms with Crippen LogP contribution in [0.25, 0.3) is 6.08 Å². The fourth-order valence-electron chi connectivity index (χ4n) is 4.06. The maximum Gasteiger partial charge on any atom is 0.340 e. The summed E-state index contributed by atoms with van der Waals surface area (Å²) in [6.07, 6.45) is 6.08. The van der Waals surface area contributed by atoms with E-state index in [0.29, 0.717) is 17.7 Å². The molecule has 0 saturated carbocycles. The Labute approximate surface area is 213 Å². The van der Waals surface area contributed by atoms with Crippen LogP contribution in [0.15, 0.2) is 23.3 Å². The van der Waals surface area contributed by atoms with E-state index in [1.807, 2.05) is 26.8 Å². The average Bonchev–Trinajstić information content (AvgIpc) is 3.10. The van der Waals surface area contributed by atoms with Crippen molar-refractivity contribution in [1.82, 2.24) is 0 Å². The van der Waals surface area contributed by atoms with Gasteiger partial charge in [-0.15, -0.1) is 0 Å². The number of hydrogen-bond acceptors (Lipinski definition) is 9. The maximum atomic E-state index is 12.1. The lowest BCUT2D eigenvalue weighted by molar-refractivity contribution is -0.146. The summed E-state index contributed by atoms with van der Waals surface area (Å²) < 4.78 is 28.3. The van der Waals surface area contributed by atoms with E-state index in [9.17, 15) is 15.0 Å². The molecule has 10 nitrogen and oxygen atoms in total. The lowest BCUT2D eigenvalue weighted by Crippen LogP contribution is -2.22. The normalized spacial score (nSPS) is 20.8. The topological polar surface area (TPSA) is 140 Å². The number of carbonyl (C=O) groups is 1. The van der Waals surface area contributed by atoms with Crippen molar-refractivity contribution in [3.05, 3.63) is 29.3 Å². The number of aliphatic hydroxyl groups excluding tert-OH is 1. The van der Waals surface area contributed by atoms with Crippen molar-refractivity contribution in [3.8, 4) is 11.5 Å². The van der Waals surface area contributed by atoms with Gasteiger partial charge in [0.1, 0.15) is 23.7 Å². The molecule has 3 N–H and O–H groups in total. The fourth-order valence-corrected chi connectivity index (χ4v) is 4.06. The first-order chi connectivity index (χ1) is 17.1. The van der Waals surface area contributed by atoms with Gasteiger partial charge in [0, 0.05) is 13.2 Å². The van der Waals surface area contributed by atoms with E-state index in [-0.39, 0.29) is 55.5 Å². The van der Waals surface area contributed by atoms with Crippen LogP contribution in [0.1, 0.15) is 69.3 Å². The summed E-state index contributed by atoms with van der Waals surface area (Å²) in [5.41, 5.74) is 7.32. The standard InChI is InChI=1S/C26H40N2O8/c1-17(18(2)29)8-6-10-21-22(36-26(3,4)35-21)11-7-9-19-14-20(33-13-12-28-27)15-23(34-16-32-5)24(19)25(30)31/h7,9,14-15,17-18,21-22,27,29H,6,8,10-13,16H2,1-5H3,(H,30,31)/b9-7+,28-27?/t17-,18+,21-,22-/m1/s1. The number of aliphatic hydroxyl groups is 1. The third kappa shape index (κ3) is 9.16. The summed E-state index contributed by atoms with van der Waals surface area (Å²) in [7, 11) is 1.45. The molecule has 1 aliphatic rings. The molecule has 0 aliphatic carbocycles. The van der Waals surface area contributed by atoms with E-state index in [1.54, 1.807) is 19.1 Å². The average molecular weight is 509 g/mol.